The van der Waals surface area contributed by atoms with E-state index in [1.54, 1.807) is 0 Å². The topological polar surface area (TPSA) is 98.5 Å². The van der Waals surface area contributed by atoms with Crippen LogP contribution in [0.3, 0.4) is 0 Å². The lowest BCUT2D eigenvalue weighted by molar-refractivity contribution is -0.118. The van der Waals surface area contributed by atoms with Crippen LogP contribution in [0, 0.1) is 5.92 Å². The normalized spacial score (nSPS) is 17.3. The van der Waals surface area contributed by atoms with Crippen molar-refractivity contribution in [3.63, 3.8) is 0 Å². The number of hydrogen-bond donors (Lipinski definition) is 2. The summed E-state index contributed by atoms with van der Waals surface area (Å²) < 4.78 is 5.35. The van der Waals surface area contributed by atoms with Crippen LogP contribution in [0.5, 0.6) is 0 Å². The highest BCUT2D eigenvalue weighted by molar-refractivity contribution is 8.15. The van der Waals surface area contributed by atoms with Crippen LogP contribution in [0.2, 0.25) is 0 Å². The summed E-state index contributed by atoms with van der Waals surface area (Å²) >= 11 is 1.05. The predicted molar refractivity (Wildman–Crippen MR) is 123 cm³/mol. The maximum Gasteiger partial charge on any atom is 0.405 e. The van der Waals surface area contributed by atoms with Gasteiger partial charge in [-0.05, 0) is 55.4 Å². The lowest BCUT2D eigenvalue weighted by atomic mass is 9.83. The molecule has 0 aliphatic carbocycles. The number of nitrogens with two attached hydrogens (primary N) is 1. The Morgan fingerprint density at radius 2 is 1.84 bits per heavy atom. The van der Waals surface area contributed by atoms with Gasteiger partial charge in [-0.15, -0.1) is 0 Å². The van der Waals surface area contributed by atoms with Crippen molar-refractivity contribution in [3.05, 3.63) is 59.7 Å². The molecule has 3 N–H and O–H groups in total. The molecule has 1 saturated heterocycles. The largest absolute Gasteiger partial charge is 0.443 e. The molecule has 164 valence electrons. The molecule has 0 bridgehead atoms. The number of ether oxygens (including phenoxy) is 1. The molecular weight excluding hydrogens is 412 g/mol. The van der Waals surface area contributed by atoms with E-state index in [9.17, 15) is 14.4 Å². The monoisotopic (exact) mass is 440 g/mol. The Kier molecular flexibility index (Phi) is 7.05. The van der Waals surface area contributed by atoms with Crippen LogP contribution >= 0.6 is 11.8 Å². The van der Waals surface area contributed by atoms with Gasteiger partial charge in [0.05, 0.1) is 5.25 Å². The van der Waals surface area contributed by atoms with E-state index in [1.165, 1.54) is 0 Å². The van der Waals surface area contributed by atoms with Crippen molar-refractivity contribution in [2.75, 3.05) is 0 Å². The molecule has 2 aromatic rings. The van der Waals surface area contributed by atoms with Crippen LogP contribution in [-0.4, -0.2) is 28.1 Å². The molecular formula is C24H28N2O4S. The standard InChI is InChI=1S/C24H28N2O4S/c1-4-19(24(2,3)30-22(25)28)13-16-6-5-7-18(12-16)17-10-8-15(9-11-17)14-20-21(27)26-23(29)31-20/h5-12,19-20H,4,13-14H2,1-3H3,(H2,25,28)(H,26,27,29). The molecule has 31 heavy (non-hydrogen) atoms. The van der Waals surface area contributed by atoms with Crippen LogP contribution in [0.1, 0.15) is 38.3 Å². The first-order valence-electron chi connectivity index (χ1n) is 10.4. The molecule has 1 heterocycles. The number of rotatable bonds is 8. The van der Waals surface area contributed by atoms with E-state index < -0.39 is 11.7 Å². The number of thioether (sulfide) groups is 1. The van der Waals surface area contributed by atoms with E-state index in [2.05, 4.69) is 30.4 Å². The number of imide groups is 1. The zero-order valence-corrected chi connectivity index (χ0v) is 18.8. The van der Waals surface area contributed by atoms with Crippen molar-refractivity contribution in [3.8, 4) is 11.1 Å². The Morgan fingerprint density at radius 3 is 2.42 bits per heavy atom. The first-order valence-corrected chi connectivity index (χ1v) is 11.2. The molecule has 0 radical (unpaired) electrons. The molecule has 1 aliphatic rings. The van der Waals surface area contributed by atoms with Crippen molar-refractivity contribution >= 4 is 29.0 Å². The Labute approximate surface area is 186 Å². The predicted octanol–water partition coefficient (Wildman–Crippen LogP) is 4.69. The Morgan fingerprint density at radius 1 is 1.13 bits per heavy atom. The molecule has 0 aromatic heterocycles. The van der Waals surface area contributed by atoms with Gasteiger partial charge in [-0.25, -0.2) is 4.79 Å². The van der Waals surface area contributed by atoms with Crippen LogP contribution in [0.25, 0.3) is 11.1 Å². The Balaban J connectivity index is 1.71. The maximum absolute atomic E-state index is 11.8. The van der Waals surface area contributed by atoms with Gasteiger partial charge in [0.2, 0.25) is 5.91 Å². The molecule has 2 aromatic carbocycles. The summed E-state index contributed by atoms with van der Waals surface area (Å²) in [4.78, 5) is 34.4. The van der Waals surface area contributed by atoms with E-state index in [0.29, 0.717) is 6.42 Å². The van der Waals surface area contributed by atoms with Gasteiger partial charge in [-0.1, -0.05) is 67.2 Å². The summed E-state index contributed by atoms with van der Waals surface area (Å²) in [6.45, 7) is 5.87. The number of primary amides is 1. The molecule has 7 heteroatoms. The first kappa shape index (κ1) is 22.9. The quantitative estimate of drug-likeness (QED) is 0.620. The van der Waals surface area contributed by atoms with Crippen molar-refractivity contribution in [2.24, 2.45) is 11.7 Å². The van der Waals surface area contributed by atoms with E-state index >= 15 is 0 Å². The fraction of sp³-hybridized carbons (Fsp3) is 0.375. The lowest BCUT2D eigenvalue weighted by Crippen LogP contribution is -2.39. The second-order valence-corrected chi connectivity index (χ2v) is 9.49. The maximum atomic E-state index is 11.8. The van der Waals surface area contributed by atoms with Gasteiger partial charge in [0, 0.05) is 5.92 Å². The van der Waals surface area contributed by atoms with Crippen molar-refractivity contribution in [2.45, 2.75) is 50.9 Å². The zero-order valence-electron chi connectivity index (χ0n) is 18.0. The highest BCUT2D eigenvalue weighted by atomic mass is 32.2. The second kappa shape index (κ2) is 9.56. The van der Waals surface area contributed by atoms with Gasteiger partial charge in [0.25, 0.3) is 5.24 Å². The smallest absolute Gasteiger partial charge is 0.405 e. The molecule has 6 nitrogen and oxygen atoms in total. The number of carbonyl (C=O) groups is 3. The van der Waals surface area contributed by atoms with Crippen LogP contribution < -0.4 is 11.1 Å². The molecule has 3 rings (SSSR count). The molecule has 0 saturated carbocycles. The molecule has 2 atom stereocenters. The summed E-state index contributed by atoms with van der Waals surface area (Å²) in [6.07, 6.45) is 1.39. The van der Waals surface area contributed by atoms with Crippen LogP contribution in [0.15, 0.2) is 48.5 Å². The fourth-order valence-corrected chi connectivity index (χ4v) is 4.82. The van der Waals surface area contributed by atoms with Gasteiger partial charge >= 0.3 is 6.09 Å². The van der Waals surface area contributed by atoms with Crippen molar-refractivity contribution < 1.29 is 19.1 Å². The number of carbonyl (C=O) groups excluding carboxylic acids is 3. The third-order valence-corrected chi connectivity index (χ3v) is 6.71. The summed E-state index contributed by atoms with van der Waals surface area (Å²) in [6, 6.07) is 16.4. The van der Waals surface area contributed by atoms with Gasteiger partial charge in [0.1, 0.15) is 5.60 Å². The minimum Gasteiger partial charge on any atom is -0.443 e. The zero-order chi connectivity index (χ0) is 22.6. The summed E-state index contributed by atoms with van der Waals surface area (Å²) in [5.41, 5.74) is 8.93. The molecule has 3 amide bonds. The number of benzene rings is 2. The Bertz CT molecular complexity index is 972. The fourth-order valence-electron chi connectivity index (χ4n) is 3.96. The highest BCUT2D eigenvalue weighted by Gasteiger charge is 2.32. The van der Waals surface area contributed by atoms with Gasteiger partial charge < -0.3 is 10.5 Å². The molecule has 1 aliphatic heterocycles. The number of nitrogens with one attached hydrogen (secondary N) is 1. The van der Waals surface area contributed by atoms with E-state index in [0.717, 1.165) is 46.9 Å². The van der Waals surface area contributed by atoms with E-state index in [-0.39, 0.29) is 22.3 Å². The Hall–Kier alpha value is -2.80. The van der Waals surface area contributed by atoms with E-state index in [4.69, 9.17) is 10.5 Å². The van der Waals surface area contributed by atoms with E-state index in [1.807, 2.05) is 44.2 Å². The van der Waals surface area contributed by atoms with Gasteiger partial charge in [-0.2, -0.15) is 0 Å². The highest BCUT2D eigenvalue weighted by Crippen LogP contribution is 2.30. The first-order chi connectivity index (χ1) is 14.7. The number of amides is 3. The number of hydrogen-bond acceptors (Lipinski definition) is 5. The summed E-state index contributed by atoms with van der Waals surface area (Å²) in [5, 5.41) is 1.68. The summed E-state index contributed by atoms with van der Waals surface area (Å²) in [5.74, 6) is -0.0871. The third-order valence-electron chi connectivity index (χ3n) is 5.72. The summed E-state index contributed by atoms with van der Waals surface area (Å²) in [7, 11) is 0. The average Bonchev–Trinajstić information content (AvgIpc) is 3.02. The molecule has 1 fully saturated rings. The van der Waals surface area contributed by atoms with Crippen LogP contribution in [0.4, 0.5) is 9.59 Å². The average molecular weight is 441 g/mol. The van der Waals surface area contributed by atoms with Gasteiger partial charge in [-0.3, -0.25) is 14.9 Å². The second-order valence-electron chi connectivity index (χ2n) is 8.32. The van der Waals surface area contributed by atoms with Crippen molar-refractivity contribution in [1.29, 1.82) is 0 Å². The molecule has 2 unspecified atom stereocenters. The third kappa shape index (κ3) is 5.88. The minimum atomic E-state index is -0.754. The lowest BCUT2D eigenvalue weighted by Gasteiger charge is -2.33. The SMILES string of the molecule is CCC(Cc1cccc(-c2ccc(CC3SC(=O)NC3=O)cc2)c1)C(C)(C)OC(N)=O. The van der Waals surface area contributed by atoms with Crippen LogP contribution in [-0.2, 0) is 22.4 Å². The molecule has 0 spiro atoms. The van der Waals surface area contributed by atoms with Crippen molar-refractivity contribution in [1.82, 2.24) is 5.32 Å². The minimum absolute atomic E-state index is 0.135. The van der Waals surface area contributed by atoms with Gasteiger partial charge in [0.15, 0.2) is 0 Å².